The third kappa shape index (κ3) is 16.1. The van der Waals surface area contributed by atoms with Gasteiger partial charge in [-0.1, -0.05) is 88.1 Å². The van der Waals surface area contributed by atoms with Gasteiger partial charge in [0.1, 0.15) is 0 Å². The third-order valence-corrected chi connectivity index (χ3v) is 5.39. The van der Waals surface area contributed by atoms with Crippen molar-refractivity contribution >= 4 is 5.97 Å². The zero-order valence-corrected chi connectivity index (χ0v) is 18.4. The first-order valence-corrected chi connectivity index (χ1v) is 11.6. The molecule has 1 rings (SSSR count). The van der Waals surface area contributed by atoms with Crippen LogP contribution in [0, 0.1) is 0 Å². The summed E-state index contributed by atoms with van der Waals surface area (Å²) in [4.78, 5) is 10.5. The van der Waals surface area contributed by atoms with Gasteiger partial charge in [0.05, 0.1) is 18.8 Å². The van der Waals surface area contributed by atoms with Gasteiger partial charge < -0.3 is 14.9 Å². The van der Waals surface area contributed by atoms with E-state index in [0.29, 0.717) is 19.1 Å². The predicted molar refractivity (Wildman–Crippen MR) is 119 cm³/mol. The Morgan fingerprint density at radius 3 is 1.93 bits per heavy atom. The average molecular weight is 407 g/mol. The SMILES string of the molecule is CC(O)CCCCCC(CCCCCCCCCC(=O)O)OCc1ccccc1. The maximum absolute atomic E-state index is 10.5. The minimum Gasteiger partial charge on any atom is -0.481 e. The number of hydrogen-bond acceptors (Lipinski definition) is 3. The lowest BCUT2D eigenvalue weighted by Gasteiger charge is -2.18. The lowest BCUT2D eigenvalue weighted by Crippen LogP contribution is -2.13. The van der Waals surface area contributed by atoms with Crippen molar-refractivity contribution < 1.29 is 19.7 Å². The molecule has 2 N–H and O–H groups in total. The van der Waals surface area contributed by atoms with Gasteiger partial charge in [-0.05, 0) is 38.2 Å². The second-order valence-corrected chi connectivity index (χ2v) is 8.31. The number of carbonyl (C=O) groups is 1. The summed E-state index contributed by atoms with van der Waals surface area (Å²) in [5.41, 5.74) is 1.23. The number of aliphatic hydroxyl groups is 1. The molecule has 0 saturated heterocycles. The summed E-state index contributed by atoms with van der Waals surface area (Å²) in [5, 5.41) is 18.0. The average Bonchev–Trinajstić information content (AvgIpc) is 2.70. The lowest BCUT2D eigenvalue weighted by atomic mass is 10.0. The Hall–Kier alpha value is -1.39. The van der Waals surface area contributed by atoms with Crippen LogP contribution in [0.5, 0.6) is 0 Å². The first kappa shape index (κ1) is 25.6. The number of benzene rings is 1. The molecule has 0 fully saturated rings. The van der Waals surface area contributed by atoms with Crippen LogP contribution in [-0.4, -0.2) is 28.4 Å². The molecular weight excluding hydrogens is 364 g/mol. The van der Waals surface area contributed by atoms with Crippen molar-refractivity contribution in [2.75, 3.05) is 0 Å². The molecule has 29 heavy (non-hydrogen) atoms. The number of aliphatic carboxylic acids is 1. The standard InChI is InChI=1S/C25H42O4/c1-22(26)15-9-7-13-19-24(29-21-23-16-10-8-11-17-23)18-12-5-3-2-4-6-14-20-25(27)28/h8,10-11,16-17,22,24,26H,2-7,9,12-15,18-21H2,1H3,(H,27,28). The molecule has 0 aliphatic heterocycles. The molecule has 2 unspecified atom stereocenters. The number of aliphatic hydroxyl groups excluding tert-OH is 1. The van der Waals surface area contributed by atoms with Gasteiger partial charge in [-0.25, -0.2) is 0 Å². The molecule has 166 valence electrons. The van der Waals surface area contributed by atoms with Crippen LogP contribution < -0.4 is 0 Å². The van der Waals surface area contributed by atoms with Gasteiger partial charge >= 0.3 is 5.97 Å². The molecule has 0 radical (unpaired) electrons. The molecule has 4 nitrogen and oxygen atoms in total. The van der Waals surface area contributed by atoms with Crippen LogP contribution in [0.2, 0.25) is 0 Å². The van der Waals surface area contributed by atoms with Crippen molar-refractivity contribution in [1.29, 1.82) is 0 Å². The molecule has 1 aromatic carbocycles. The van der Waals surface area contributed by atoms with Gasteiger partial charge in [-0.15, -0.1) is 0 Å². The quantitative estimate of drug-likeness (QED) is 0.257. The summed E-state index contributed by atoms with van der Waals surface area (Å²) in [6.45, 7) is 2.54. The summed E-state index contributed by atoms with van der Waals surface area (Å²) in [6.07, 6.45) is 14.8. The minimum atomic E-state index is -0.683. The molecule has 4 heteroatoms. The predicted octanol–water partition coefficient (Wildman–Crippen LogP) is 6.50. The van der Waals surface area contributed by atoms with Crippen molar-refractivity contribution in [2.24, 2.45) is 0 Å². The van der Waals surface area contributed by atoms with E-state index in [1.54, 1.807) is 0 Å². The lowest BCUT2D eigenvalue weighted by molar-refractivity contribution is -0.137. The van der Waals surface area contributed by atoms with Crippen LogP contribution in [0.25, 0.3) is 0 Å². The van der Waals surface area contributed by atoms with Crippen molar-refractivity contribution in [1.82, 2.24) is 0 Å². The Morgan fingerprint density at radius 2 is 1.34 bits per heavy atom. The van der Waals surface area contributed by atoms with Gasteiger partial charge in [0.25, 0.3) is 0 Å². The first-order chi connectivity index (χ1) is 14.1. The zero-order chi connectivity index (χ0) is 21.2. The van der Waals surface area contributed by atoms with E-state index in [0.717, 1.165) is 57.8 Å². The Balaban J connectivity index is 2.18. The first-order valence-electron chi connectivity index (χ1n) is 11.6. The van der Waals surface area contributed by atoms with E-state index < -0.39 is 5.97 Å². The van der Waals surface area contributed by atoms with Gasteiger partial charge in [0.15, 0.2) is 0 Å². The highest BCUT2D eigenvalue weighted by Crippen LogP contribution is 2.18. The number of rotatable bonds is 19. The van der Waals surface area contributed by atoms with Crippen LogP contribution >= 0.6 is 0 Å². The highest BCUT2D eigenvalue weighted by atomic mass is 16.5. The highest BCUT2D eigenvalue weighted by molar-refractivity contribution is 5.66. The fourth-order valence-corrected chi connectivity index (χ4v) is 3.62. The fraction of sp³-hybridized carbons (Fsp3) is 0.720. The summed E-state index contributed by atoms with van der Waals surface area (Å²) in [5.74, 6) is -0.683. The van der Waals surface area contributed by atoms with Crippen LogP contribution in [0.4, 0.5) is 0 Å². The minimum absolute atomic E-state index is 0.191. The van der Waals surface area contributed by atoms with E-state index in [-0.39, 0.29) is 6.10 Å². The number of ether oxygens (including phenoxy) is 1. The molecule has 0 amide bonds. The Morgan fingerprint density at radius 1 is 0.828 bits per heavy atom. The van der Waals surface area contributed by atoms with Crippen molar-refractivity contribution in [3.63, 3.8) is 0 Å². The molecule has 0 aliphatic rings. The number of carboxylic acids is 1. The van der Waals surface area contributed by atoms with Gasteiger partial charge in [-0.2, -0.15) is 0 Å². The smallest absolute Gasteiger partial charge is 0.303 e. The van der Waals surface area contributed by atoms with E-state index in [2.05, 4.69) is 24.3 Å². The Bertz CT molecular complexity index is 501. The second-order valence-electron chi connectivity index (χ2n) is 8.31. The summed E-state index contributed by atoms with van der Waals surface area (Å²) in [6, 6.07) is 10.4. The van der Waals surface area contributed by atoms with Crippen LogP contribution in [0.3, 0.4) is 0 Å². The molecule has 0 bridgehead atoms. The molecule has 0 saturated carbocycles. The number of unbranched alkanes of at least 4 members (excludes halogenated alkanes) is 8. The summed E-state index contributed by atoms with van der Waals surface area (Å²) >= 11 is 0. The van der Waals surface area contributed by atoms with Gasteiger partial charge in [0, 0.05) is 6.42 Å². The molecule has 0 aromatic heterocycles. The molecular formula is C25H42O4. The highest BCUT2D eigenvalue weighted by Gasteiger charge is 2.10. The van der Waals surface area contributed by atoms with Gasteiger partial charge in [0.2, 0.25) is 0 Å². The summed E-state index contributed by atoms with van der Waals surface area (Å²) in [7, 11) is 0. The van der Waals surface area contributed by atoms with Crippen LogP contribution in [0.1, 0.15) is 102 Å². The maximum atomic E-state index is 10.5. The molecule has 0 aliphatic carbocycles. The largest absolute Gasteiger partial charge is 0.481 e. The second kappa shape index (κ2) is 17.5. The number of carboxylic acid groups (broad SMARTS) is 1. The van der Waals surface area contributed by atoms with Crippen molar-refractivity contribution in [3.05, 3.63) is 35.9 Å². The van der Waals surface area contributed by atoms with E-state index in [9.17, 15) is 9.90 Å². The third-order valence-electron chi connectivity index (χ3n) is 5.39. The van der Waals surface area contributed by atoms with Crippen molar-refractivity contribution in [2.45, 2.75) is 116 Å². The van der Waals surface area contributed by atoms with E-state index >= 15 is 0 Å². The Kier molecular flexibility index (Phi) is 15.4. The maximum Gasteiger partial charge on any atom is 0.303 e. The number of hydrogen-bond donors (Lipinski definition) is 2. The molecule has 0 heterocycles. The van der Waals surface area contributed by atoms with E-state index in [1.807, 2.05) is 13.0 Å². The van der Waals surface area contributed by atoms with Gasteiger partial charge in [-0.3, -0.25) is 4.79 Å². The van der Waals surface area contributed by atoms with Crippen LogP contribution in [0.15, 0.2) is 30.3 Å². The molecule has 0 spiro atoms. The molecule has 2 atom stereocenters. The monoisotopic (exact) mass is 406 g/mol. The van der Waals surface area contributed by atoms with Crippen molar-refractivity contribution in [3.8, 4) is 0 Å². The normalized spacial score (nSPS) is 13.3. The van der Waals surface area contributed by atoms with Crippen LogP contribution in [-0.2, 0) is 16.1 Å². The van der Waals surface area contributed by atoms with E-state index in [1.165, 1.54) is 31.2 Å². The zero-order valence-electron chi connectivity index (χ0n) is 18.4. The fourth-order valence-electron chi connectivity index (χ4n) is 3.62. The van der Waals surface area contributed by atoms with E-state index in [4.69, 9.17) is 9.84 Å². The summed E-state index contributed by atoms with van der Waals surface area (Å²) < 4.78 is 6.23. The topological polar surface area (TPSA) is 66.8 Å². The Labute approximate surface area is 177 Å². The molecule has 1 aromatic rings.